The smallest absolute Gasteiger partial charge is 0.408 e. The summed E-state index contributed by atoms with van der Waals surface area (Å²) in [5.74, 6) is -0.166. The van der Waals surface area contributed by atoms with Crippen LogP contribution >= 0.6 is 11.8 Å². The van der Waals surface area contributed by atoms with Crippen LogP contribution in [0.1, 0.15) is 57.3 Å². The van der Waals surface area contributed by atoms with E-state index in [0.717, 1.165) is 30.5 Å². The summed E-state index contributed by atoms with van der Waals surface area (Å²) >= 11 is 1.43. The van der Waals surface area contributed by atoms with Gasteiger partial charge in [0.25, 0.3) is 5.91 Å². The van der Waals surface area contributed by atoms with Crippen molar-refractivity contribution in [1.82, 2.24) is 15.1 Å². The first-order chi connectivity index (χ1) is 21.1. The molecule has 6 rings (SSSR count). The number of alkyl carbamates (subject to hydrolysis) is 1. The lowest BCUT2D eigenvalue weighted by Crippen LogP contribution is -2.70. The van der Waals surface area contributed by atoms with Crippen LogP contribution in [0.3, 0.4) is 0 Å². The van der Waals surface area contributed by atoms with Crippen LogP contribution in [0.5, 0.6) is 0 Å². The summed E-state index contributed by atoms with van der Waals surface area (Å²) in [6.07, 6.45) is 3.25. The topological polar surface area (TPSA) is 105 Å². The van der Waals surface area contributed by atoms with Gasteiger partial charge in [0, 0.05) is 24.4 Å². The fourth-order valence-electron chi connectivity index (χ4n) is 5.72. The van der Waals surface area contributed by atoms with E-state index in [1.54, 1.807) is 26.8 Å². The van der Waals surface area contributed by atoms with Gasteiger partial charge in [-0.3, -0.25) is 14.5 Å². The molecular formula is C34H37N3O6S. The van der Waals surface area contributed by atoms with Crippen molar-refractivity contribution < 1.29 is 28.7 Å². The molecule has 0 radical (unpaired) electrons. The van der Waals surface area contributed by atoms with Gasteiger partial charge in [-0.1, -0.05) is 60.7 Å². The van der Waals surface area contributed by atoms with Crippen molar-refractivity contribution in [2.45, 2.75) is 63.2 Å². The molecule has 3 amide bonds. The quantitative estimate of drug-likeness (QED) is 0.255. The van der Waals surface area contributed by atoms with E-state index in [-0.39, 0.29) is 11.6 Å². The van der Waals surface area contributed by atoms with Crippen LogP contribution in [0.4, 0.5) is 4.79 Å². The zero-order chi connectivity index (χ0) is 31.0. The van der Waals surface area contributed by atoms with Gasteiger partial charge in [0.05, 0.1) is 0 Å². The van der Waals surface area contributed by atoms with Gasteiger partial charge in [-0.2, -0.15) is 0 Å². The molecule has 2 aromatic rings. The normalized spacial score (nSPS) is 22.7. The Morgan fingerprint density at radius 2 is 1.66 bits per heavy atom. The molecule has 0 bridgehead atoms. The number of hydrogen-bond acceptors (Lipinski definition) is 7. The maximum absolute atomic E-state index is 14.2. The minimum absolute atomic E-state index is 0.0184. The summed E-state index contributed by atoms with van der Waals surface area (Å²) in [6, 6.07) is 18.0. The Balaban J connectivity index is 1.32. The van der Waals surface area contributed by atoms with Gasteiger partial charge in [-0.15, -0.1) is 11.8 Å². The molecule has 2 aromatic carbocycles. The molecule has 44 heavy (non-hydrogen) atoms. The Hall–Kier alpha value is -4.05. The monoisotopic (exact) mass is 615 g/mol. The Morgan fingerprint density at radius 1 is 1.02 bits per heavy atom. The number of allylic oxidation sites excluding steroid dienone is 1. The van der Waals surface area contributed by atoms with Crippen molar-refractivity contribution in [3.8, 4) is 0 Å². The first-order valence-corrected chi connectivity index (χ1v) is 16.1. The molecule has 4 aliphatic rings. The van der Waals surface area contributed by atoms with E-state index in [9.17, 15) is 19.2 Å². The number of rotatable bonds is 8. The second kappa shape index (κ2) is 12.1. The molecule has 0 spiro atoms. The summed E-state index contributed by atoms with van der Waals surface area (Å²) in [7, 11) is 0. The number of nitrogens with one attached hydrogen (secondary N) is 1. The van der Waals surface area contributed by atoms with Gasteiger partial charge >= 0.3 is 12.1 Å². The standard InChI is InChI=1S/C34H37N3O6S/c1-34(2,3)43-33(41)35-26-30(39)37-27(32(40)42-28(22-10-6-4-7-11-22)23-12-8-5-9-13-23)25(20-44-31(26)37)18-24-16-17-36(29(24)38)19-21-14-15-21/h4-13,18,21,26,28,31H,14-17,19-20H2,1-3H3,(H,35,41)/t26-,31-/m1/s1. The second-order valence-corrected chi connectivity index (χ2v) is 13.7. The molecule has 2 atom stereocenters. The summed E-state index contributed by atoms with van der Waals surface area (Å²) < 4.78 is 11.6. The molecule has 0 unspecified atom stereocenters. The van der Waals surface area contributed by atoms with Crippen molar-refractivity contribution in [1.29, 1.82) is 0 Å². The number of hydrogen-bond donors (Lipinski definition) is 1. The highest BCUT2D eigenvalue weighted by Gasteiger charge is 2.55. The molecule has 10 heteroatoms. The lowest BCUT2D eigenvalue weighted by atomic mass is 10.00. The van der Waals surface area contributed by atoms with E-state index in [0.29, 0.717) is 35.8 Å². The SMILES string of the molecule is CC(C)(C)OC(=O)N[C@@H]1C(=O)N2C(C(=O)OC(c3ccccc3)c3ccccc3)=C(C=C3CCN(CC4CC4)C3=O)CS[C@H]12. The van der Waals surface area contributed by atoms with Gasteiger partial charge in [0.1, 0.15) is 22.7 Å². The van der Waals surface area contributed by atoms with Crippen LogP contribution in [0.15, 0.2) is 83.6 Å². The highest BCUT2D eigenvalue weighted by Crippen LogP contribution is 2.43. The Morgan fingerprint density at radius 3 is 2.25 bits per heavy atom. The van der Waals surface area contributed by atoms with E-state index in [1.807, 2.05) is 65.6 Å². The minimum Gasteiger partial charge on any atom is -0.448 e. The third-order valence-corrected chi connectivity index (χ3v) is 9.33. The Labute approximate surface area is 261 Å². The Bertz CT molecular complexity index is 1470. The number of likely N-dealkylation sites (tertiary alicyclic amines) is 1. The molecule has 0 aromatic heterocycles. The Kier molecular flexibility index (Phi) is 8.28. The van der Waals surface area contributed by atoms with Crippen molar-refractivity contribution in [3.05, 3.63) is 94.7 Å². The lowest BCUT2D eigenvalue weighted by molar-refractivity contribution is -0.153. The van der Waals surface area contributed by atoms with Gasteiger partial charge < -0.3 is 19.7 Å². The number of nitrogens with zero attached hydrogens (tertiary/aromatic N) is 2. The number of thioether (sulfide) groups is 1. The number of amides is 3. The third-order valence-electron chi connectivity index (χ3n) is 8.03. The van der Waals surface area contributed by atoms with E-state index in [2.05, 4.69) is 5.32 Å². The van der Waals surface area contributed by atoms with Crippen LogP contribution in [-0.4, -0.2) is 69.5 Å². The maximum atomic E-state index is 14.2. The van der Waals surface area contributed by atoms with Crippen molar-refractivity contribution in [2.75, 3.05) is 18.8 Å². The van der Waals surface area contributed by atoms with Crippen LogP contribution in [0.25, 0.3) is 0 Å². The first-order valence-electron chi connectivity index (χ1n) is 15.1. The van der Waals surface area contributed by atoms with Crippen LogP contribution in [0, 0.1) is 5.92 Å². The van der Waals surface area contributed by atoms with Gasteiger partial charge in [0.15, 0.2) is 6.10 Å². The number of carbonyl (C=O) groups excluding carboxylic acids is 4. The number of esters is 1. The molecule has 3 fully saturated rings. The van der Waals surface area contributed by atoms with Gasteiger partial charge in [-0.25, -0.2) is 9.59 Å². The van der Waals surface area contributed by atoms with Crippen LogP contribution in [-0.2, 0) is 23.9 Å². The molecule has 2 saturated heterocycles. The van der Waals surface area contributed by atoms with Crippen molar-refractivity contribution >= 4 is 35.6 Å². The zero-order valence-electron chi connectivity index (χ0n) is 25.2. The summed E-state index contributed by atoms with van der Waals surface area (Å²) in [5, 5.41) is 2.16. The van der Waals surface area contributed by atoms with E-state index >= 15 is 0 Å². The molecule has 3 aliphatic heterocycles. The highest BCUT2D eigenvalue weighted by molar-refractivity contribution is 8.00. The fraction of sp³-hybridized carbons (Fsp3) is 0.412. The molecule has 9 nitrogen and oxygen atoms in total. The van der Waals surface area contributed by atoms with Crippen LogP contribution < -0.4 is 5.32 Å². The largest absolute Gasteiger partial charge is 0.448 e. The molecule has 3 heterocycles. The number of fused-ring (bicyclic) bond motifs is 1. The molecule has 1 aliphatic carbocycles. The van der Waals surface area contributed by atoms with E-state index in [1.165, 1.54) is 16.7 Å². The van der Waals surface area contributed by atoms with Crippen LogP contribution in [0.2, 0.25) is 0 Å². The van der Waals surface area contributed by atoms with E-state index < -0.39 is 41.1 Å². The molecule has 230 valence electrons. The predicted octanol–water partition coefficient (Wildman–Crippen LogP) is 4.95. The minimum atomic E-state index is -0.854. The van der Waals surface area contributed by atoms with E-state index in [4.69, 9.17) is 9.47 Å². The molecule has 1 N–H and O–H groups in total. The summed E-state index contributed by atoms with van der Waals surface area (Å²) in [6.45, 7) is 6.66. The highest BCUT2D eigenvalue weighted by atomic mass is 32.2. The number of ether oxygens (including phenoxy) is 2. The molecular weight excluding hydrogens is 578 g/mol. The number of benzene rings is 2. The lowest BCUT2D eigenvalue weighted by Gasteiger charge is -2.49. The predicted molar refractivity (Wildman–Crippen MR) is 166 cm³/mol. The zero-order valence-corrected chi connectivity index (χ0v) is 26.0. The maximum Gasteiger partial charge on any atom is 0.408 e. The number of β-lactam (4-membered cyclic amide) rings is 1. The average Bonchev–Trinajstić information content (AvgIpc) is 3.77. The van der Waals surface area contributed by atoms with Crippen molar-refractivity contribution in [3.63, 3.8) is 0 Å². The van der Waals surface area contributed by atoms with Gasteiger partial charge in [0.2, 0.25) is 5.91 Å². The third kappa shape index (κ3) is 6.40. The summed E-state index contributed by atoms with van der Waals surface area (Å²) in [5.41, 5.74) is 2.15. The van der Waals surface area contributed by atoms with Gasteiger partial charge in [-0.05, 0) is 68.7 Å². The number of carbonyl (C=O) groups is 4. The first kappa shape index (κ1) is 30.0. The summed E-state index contributed by atoms with van der Waals surface area (Å²) in [4.78, 5) is 56.8. The average molecular weight is 616 g/mol. The fourth-order valence-corrected chi connectivity index (χ4v) is 7.03. The van der Waals surface area contributed by atoms with Crippen molar-refractivity contribution in [2.24, 2.45) is 5.92 Å². The second-order valence-electron chi connectivity index (χ2n) is 12.6. The molecule has 1 saturated carbocycles.